The van der Waals surface area contributed by atoms with E-state index >= 15 is 0 Å². The molecule has 0 amide bonds. The number of rotatable bonds is 11. The third kappa shape index (κ3) is 7.71. The fourth-order valence-electron chi connectivity index (χ4n) is 3.75. The van der Waals surface area contributed by atoms with E-state index in [1.165, 1.54) is 0 Å². The number of hydrogen-bond donors (Lipinski definition) is 3. The van der Waals surface area contributed by atoms with Crippen LogP contribution < -0.4 is 5.32 Å². The number of Topliss-reactive ketones (excluding diaryl/α,β-unsaturated/α-hetero) is 1. The minimum absolute atomic E-state index is 0.0145. The number of aliphatic carboxylic acids is 1. The number of carboxylic acids is 1. The van der Waals surface area contributed by atoms with Crippen molar-refractivity contribution in [3.05, 3.63) is 47.0 Å². The van der Waals surface area contributed by atoms with E-state index in [9.17, 15) is 19.8 Å². The molecule has 174 valence electrons. The lowest BCUT2D eigenvalue weighted by atomic mass is 9.75. The number of nitrogens with one attached hydrogen (secondary N) is 1. The van der Waals surface area contributed by atoms with Crippen LogP contribution in [0.3, 0.4) is 0 Å². The first-order chi connectivity index (χ1) is 15.1. The van der Waals surface area contributed by atoms with Gasteiger partial charge >= 0.3 is 5.97 Å². The molecule has 0 saturated carbocycles. The van der Waals surface area contributed by atoms with Crippen molar-refractivity contribution >= 4 is 23.5 Å². The highest BCUT2D eigenvalue weighted by Crippen LogP contribution is 2.36. The Morgan fingerprint density at radius 1 is 1.31 bits per heavy atom. The van der Waals surface area contributed by atoms with E-state index in [1.54, 1.807) is 13.1 Å². The first-order valence-electron chi connectivity index (χ1n) is 11.2. The molecule has 32 heavy (non-hydrogen) atoms. The van der Waals surface area contributed by atoms with Crippen LogP contribution in [0.4, 0.5) is 0 Å². The Balaban J connectivity index is 2.06. The fraction of sp³-hybridized carbons (Fsp3) is 0.520. The van der Waals surface area contributed by atoms with Crippen LogP contribution in [0.15, 0.2) is 40.7 Å². The molecular weight excluding hydrogens is 406 g/mol. The molecule has 0 unspecified atom stereocenters. The summed E-state index contributed by atoms with van der Waals surface area (Å²) in [6.45, 7) is 9.48. The van der Waals surface area contributed by atoms with Crippen molar-refractivity contribution in [3.8, 4) is 0 Å². The number of aliphatic hydroxyl groups is 1. The van der Waals surface area contributed by atoms with Crippen molar-refractivity contribution in [1.29, 1.82) is 0 Å². The van der Waals surface area contributed by atoms with Gasteiger partial charge in [0, 0.05) is 31.2 Å². The van der Waals surface area contributed by atoms with Gasteiger partial charge in [-0.25, -0.2) is 4.79 Å². The highest BCUT2D eigenvalue weighted by molar-refractivity contribution is 6.22. The average Bonchev–Trinajstić information content (AvgIpc) is 2.69. The highest BCUT2D eigenvalue weighted by Gasteiger charge is 2.34. The molecule has 1 heterocycles. The molecule has 3 N–H and O–H groups in total. The monoisotopic (exact) mass is 441 g/mol. The molecule has 1 aromatic rings. The van der Waals surface area contributed by atoms with E-state index in [0.717, 1.165) is 37.2 Å². The van der Waals surface area contributed by atoms with E-state index in [0.29, 0.717) is 12.8 Å². The molecule has 0 aliphatic heterocycles. The summed E-state index contributed by atoms with van der Waals surface area (Å²) in [6.07, 6.45) is 8.49. The largest absolute Gasteiger partial charge is 0.511 e. The van der Waals surface area contributed by atoms with Crippen molar-refractivity contribution in [2.75, 3.05) is 13.1 Å². The van der Waals surface area contributed by atoms with Gasteiger partial charge in [-0.1, -0.05) is 32.9 Å². The third-order valence-electron chi connectivity index (χ3n) is 5.33. The molecule has 0 spiro atoms. The lowest BCUT2D eigenvalue weighted by molar-refractivity contribution is -0.138. The Morgan fingerprint density at radius 2 is 2.06 bits per heavy atom. The van der Waals surface area contributed by atoms with E-state index in [4.69, 9.17) is 0 Å². The van der Waals surface area contributed by atoms with E-state index in [-0.39, 0.29) is 34.7 Å². The van der Waals surface area contributed by atoms with Gasteiger partial charge < -0.3 is 15.5 Å². The maximum absolute atomic E-state index is 12.5. The van der Waals surface area contributed by atoms with Gasteiger partial charge in [-0.3, -0.25) is 14.8 Å². The predicted octanol–water partition coefficient (Wildman–Crippen LogP) is 4.14. The van der Waals surface area contributed by atoms with Crippen molar-refractivity contribution in [2.24, 2.45) is 10.4 Å². The zero-order valence-electron chi connectivity index (χ0n) is 19.5. The molecule has 1 aliphatic carbocycles. The molecule has 7 heteroatoms. The minimum Gasteiger partial charge on any atom is -0.511 e. The number of aliphatic imine (C=N–C) groups is 1. The first-order valence-corrected chi connectivity index (χ1v) is 11.2. The van der Waals surface area contributed by atoms with Gasteiger partial charge in [-0.2, -0.15) is 0 Å². The predicted molar refractivity (Wildman–Crippen MR) is 127 cm³/mol. The second kappa shape index (κ2) is 11.7. The molecule has 1 aliphatic rings. The molecule has 0 radical (unpaired) electrons. The molecule has 1 atom stereocenters. The van der Waals surface area contributed by atoms with E-state index < -0.39 is 12.0 Å². The fourth-order valence-corrected chi connectivity index (χ4v) is 3.75. The quantitative estimate of drug-likeness (QED) is 0.351. The van der Waals surface area contributed by atoms with Crippen LogP contribution in [-0.4, -0.2) is 51.8 Å². The Bertz CT molecular complexity index is 898. The van der Waals surface area contributed by atoms with Crippen LogP contribution in [0.2, 0.25) is 0 Å². The number of nitrogens with zero attached hydrogens (tertiary/aromatic N) is 2. The van der Waals surface area contributed by atoms with E-state index in [1.807, 2.05) is 32.1 Å². The summed E-state index contributed by atoms with van der Waals surface area (Å²) in [5, 5.41) is 23.3. The topological polar surface area (TPSA) is 112 Å². The van der Waals surface area contributed by atoms with Crippen LogP contribution in [0.25, 0.3) is 6.08 Å². The summed E-state index contributed by atoms with van der Waals surface area (Å²) in [5.41, 5.74) is 1.65. The highest BCUT2D eigenvalue weighted by atomic mass is 16.4. The van der Waals surface area contributed by atoms with Gasteiger partial charge in [-0.05, 0) is 56.0 Å². The van der Waals surface area contributed by atoms with E-state index in [2.05, 4.69) is 28.3 Å². The number of carbonyl (C=O) groups is 2. The van der Waals surface area contributed by atoms with Crippen LogP contribution >= 0.6 is 0 Å². The third-order valence-corrected chi connectivity index (χ3v) is 5.33. The second-order valence-electron chi connectivity index (χ2n) is 9.07. The van der Waals surface area contributed by atoms with Crippen molar-refractivity contribution in [1.82, 2.24) is 10.3 Å². The molecule has 2 rings (SSSR count). The number of carboxylic acid groups (broad SMARTS) is 1. The smallest absolute Gasteiger partial charge is 0.328 e. The maximum atomic E-state index is 12.5. The first kappa shape index (κ1) is 25.5. The Kier molecular flexibility index (Phi) is 9.32. The zero-order chi connectivity index (χ0) is 23.7. The van der Waals surface area contributed by atoms with Gasteiger partial charge in [0.2, 0.25) is 0 Å². The molecule has 0 saturated heterocycles. The van der Waals surface area contributed by atoms with Crippen molar-refractivity contribution in [2.45, 2.75) is 65.8 Å². The molecular formula is C25H35N3O4. The number of ketones is 1. The molecule has 0 aromatic carbocycles. The minimum atomic E-state index is -1.09. The van der Waals surface area contributed by atoms with Crippen molar-refractivity contribution in [3.63, 3.8) is 0 Å². The number of aliphatic hydroxyl groups excluding tert-OH is 1. The van der Waals surface area contributed by atoms with Gasteiger partial charge in [-0.15, -0.1) is 0 Å². The number of pyridine rings is 1. The molecule has 0 fully saturated rings. The number of allylic oxidation sites excluding steroid dienone is 2. The number of hydrogen-bond acceptors (Lipinski definition) is 6. The zero-order valence-corrected chi connectivity index (χ0v) is 19.5. The summed E-state index contributed by atoms with van der Waals surface area (Å²) in [7, 11) is 0. The lowest BCUT2D eigenvalue weighted by Gasteiger charge is -2.29. The Labute approximate surface area is 190 Å². The van der Waals surface area contributed by atoms with Crippen LogP contribution in [0.1, 0.15) is 64.6 Å². The summed E-state index contributed by atoms with van der Waals surface area (Å²) in [5.74, 6) is -1.30. The van der Waals surface area contributed by atoms with Gasteiger partial charge in [0.15, 0.2) is 11.8 Å². The summed E-state index contributed by atoms with van der Waals surface area (Å²) in [4.78, 5) is 33.0. The summed E-state index contributed by atoms with van der Waals surface area (Å²) < 4.78 is 0. The molecule has 1 aromatic heterocycles. The summed E-state index contributed by atoms with van der Waals surface area (Å²) >= 11 is 0. The molecule has 0 bridgehead atoms. The number of carbonyl (C=O) groups excluding carboxylic acids is 1. The lowest BCUT2D eigenvalue weighted by Crippen LogP contribution is -2.30. The molecule has 7 nitrogen and oxygen atoms in total. The maximum Gasteiger partial charge on any atom is 0.328 e. The Hall–Kier alpha value is -2.80. The standard InChI is InChI=1S/C25H35N3O4/c1-5-11-26-12-7-6-8-19-10-9-18(16-27-19)13-20(24(31)32)28-17(2)23-21(29)14-25(3,4)15-22(23)30/h6,8-10,16,20,26,29H,5,7,11-15H2,1-4H3,(H,31,32)/b8-6+,28-17?/t20-/m0/s1. The normalized spacial score (nSPS) is 17.8. The van der Waals surface area contributed by atoms with Crippen LogP contribution in [-0.2, 0) is 16.0 Å². The SMILES string of the molecule is CCCNCC/C=C/c1ccc(C[C@H](N=C(C)C2=C(O)CC(C)(C)CC2=O)C(=O)O)cn1. The van der Waals surface area contributed by atoms with Crippen LogP contribution in [0, 0.1) is 5.41 Å². The average molecular weight is 442 g/mol. The Morgan fingerprint density at radius 3 is 2.66 bits per heavy atom. The second-order valence-corrected chi connectivity index (χ2v) is 9.07. The van der Waals surface area contributed by atoms with Gasteiger partial charge in [0.1, 0.15) is 5.76 Å². The summed E-state index contributed by atoms with van der Waals surface area (Å²) in [6, 6.07) is 2.63. The van der Waals surface area contributed by atoms with Gasteiger partial charge in [0.25, 0.3) is 0 Å². The number of aromatic nitrogens is 1. The van der Waals surface area contributed by atoms with Gasteiger partial charge in [0.05, 0.1) is 11.3 Å². The van der Waals surface area contributed by atoms with Crippen molar-refractivity contribution < 1.29 is 19.8 Å². The van der Waals surface area contributed by atoms with Crippen LogP contribution in [0.5, 0.6) is 0 Å².